The van der Waals surface area contributed by atoms with Gasteiger partial charge in [-0.25, -0.2) is 0 Å². The smallest absolute Gasteiger partial charge is 0.235 e. The van der Waals surface area contributed by atoms with Gasteiger partial charge >= 0.3 is 0 Å². The highest BCUT2D eigenvalue weighted by atomic mass is 16.3. The second kappa shape index (κ2) is 6.30. The molecule has 0 saturated heterocycles. The molecule has 29 heavy (non-hydrogen) atoms. The summed E-state index contributed by atoms with van der Waals surface area (Å²) in [5.74, 6) is -10.0. The van der Waals surface area contributed by atoms with Crippen LogP contribution in [0, 0.1) is 23.7 Å². The lowest BCUT2D eigenvalue weighted by molar-refractivity contribution is -0.175. The summed E-state index contributed by atoms with van der Waals surface area (Å²) in [6, 6.07) is 3.27. The number of fused-ring (bicyclic) bond motifs is 3. The van der Waals surface area contributed by atoms with Crippen molar-refractivity contribution in [1.82, 2.24) is 0 Å². The minimum Gasteiger partial charge on any atom is -0.507 e. The van der Waals surface area contributed by atoms with Crippen LogP contribution in [0.3, 0.4) is 0 Å². The van der Waals surface area contributed by atoms with Gasteiger partial charge in [-0.15, -0.1) is 0 Å². The Morgan fingerprint density at radius 2 is 1.83 bits per heavy atom. The van der Waals surface area contributed by atoms with Crippen LogP contribution in [0.5, 0.6) is 5.75 Å². The molecule has 3 aliphatic rings. The van der Waals surface area contributed by atoms with E-state index in [1.807, 2.05) is 0 Å². The summed E-state index contributed by atoms with van der Waals surface area (Å²) >= 11 is 0. The van der Waals surface area contributed by atoms with E-state index in [1.165, 1.54) is 0 Å². The Hall–Kier alpha value is -2.91. The summed E-state index contributed by atoms with van der Waals surface area (Å²) < 4.78 is 0. The molecule has 0 heterocycles. The van der Waals surface area contributed by atoms with E-state index in [1.54, 1.807) is 12.1 Å². The fourth-order valence-corrected chi connectivity index (χ4v) is 5.15. The average Bonchev–Trinajstić information content (AvgIpc) is 2.64. The van der Waals surface area contributed by atoms with Gasteiger partial charge in [0.15, 0.2) is 34.7 Å². The number of hydrogen-bond donors (Lipinski definition) is 4. The van der Waals surface area contributed by atoms with Crippen LogP contribution in [0.1, 0.15) is 34.3 Å². The minimum absolute atomic E-state index is 0.0126. The molecule has 1 aromatic rings. The predicted octanol–water partition coefficient (Wildman–Crippen LogP) is -1.21. The summed E-state index contributed by atoms with van der Waals surface area (Å²) in [4.78, 5) is 62.9. The lowest BCUT2D eigenvalue weighted by Gasteiger charge is -2.48. The number of aliphatic hydroxyl groups is 1. The number of ketones is 4. The number of primary amides is 1. The number of benzene rings is 1. The maximum atomic E-state index is 13.2. The van der Waals surface area contributed by atoms with Gasteiger partial charge in [-0.1, -0.05) is 12.1 Å². The maximum absolute atomic E-state index is 13.2. The van der Waals surface area contributed by atoms with Crippen molar-refractivity contribution < 1.29 is 34.2 Å². The topological polar surface area (TPSA) is 178 Å². The Balaban J connectivity index is 1.80. The van der Waals surface area contributed by atoms with Gasteiger partial charge in [-0.05, 0) is 24.3 Å². The van der Waals surface area contributed by atoms with Crippen LogP contribution in [0.15, 0.2) is 12.1 Å². The first kappa shape index (κ1) is 19.4. The third kappa shape index (κ3) is 2.44. The predicted molar refractivity (Wildman–Crippen MR) is 96.4 cm³/mol. The zero-order valence-electron chi connectivity index (χ0n) is 15.4. The number of Topliss-reactive ketones (excluding diaryl/α,β-unsaturated/α-hetero) is 4. The van der Waals surface area contributed by atoms with Crippen LogP contribution in [-0.2, 0) is 32.1 Å². The monoisotopic (exact) mass is 400 g/mol. The summed E-state index contributed by atoms with van der Waals surface area (Å²) in [6.45, 7) is -0.0126. The third-order valence-electron chi connectivity index (χ3n) is 6.58. The van der Waals surface area contributed by atoms with Crippen LogP contribution in [0.25, 0.3) is 0 Å². The Labute approximate surface area is 165 Å². The molecule has 4 unspecified atom stereocenters. The highest BCUT2D eigenvalue weighted by Crippen LogP contribution is 2.50. The number of nitrogens with two attached hydrogens (primary N) is 2. The fourth-order valence-electron chi connectivity index (χ4n) is 5.15. The fraction of sp³-hybridized carbons (Fsp3) is 0.450. The second-order valence-electron chi connectivity index (χ2n) is 8.05. The van der Waals surface area contributed by atoms with Gasteiger partial charge in [0.2, 0.25) is 5.91 Å². The number of hydrogen-bond acceptors (Lipinski definition) is 8. The molecular weight excluding hydrogens is 380 g/mol. The number of phenolic OH excluding ortho intramolecular Hbond substituents is 1. The molecule has 0 aromatic heterocycles. The molecule has 0 spiro atoms. The molecule has 0 aliphatic heterocycles. The molecule has 5 atom stereocenters. The van der Waals surface area contributed by atoms with Crippen molar-refractivity contribution in [2.75, 3.05) is 0 Å². The summed E-state index contributed by atoms with van der Waals surface area (Å²) in [5, 5.41) is 21.5. The van der Waals surface area contributed by atoms with Crippen molar-refractivity contribution in [1.29, 1.82) is 0 Å². The van der Waals surface area contributed by atoms with E-state index in [9.17, 15) is 34.2 Å². The summed E-state index contributed by atoms with van der Waals surface area (Å²) in [5.41, 5.74) is 8.94. The van der Waals surface area contributed by atoms with Crippen LogP contribution in [-0.4, -0.2) is 44.9 Å². The van der Waals surface area contributed by atoms with E-state index >= 15 is 0 Å². The first-order valence-corrected chi connectivity index (χ1v) is 9.33. The van der Waals surface area contributed by atoms with Gasteiger partial charge in [0, 0.05) is 24.4 Å². The Kier molecular flexibility index (Phi) is 4.21. The molecule has 9 heteroatoms. The highest BCUT2D eigenvalue weighted by molar-refractivity contribution is 6.31. The molecule has 2 fully saturated rings. The standard InChI is InChI=1S/C20H20N2O7/c21-6-8-2-1-7-3-9-4-10-5-11(23)14(19(22)28)18(27)20(10,29)17(26)13(9)16(25)12(7)15(8)24/h1-2,9-10,13-14,24,29H,3-6,21H2,(H2,22,28)/t9?,10?,13?,14?,20-/m0/s1. The molecular formula is C20H20N2O7. The SMILES string of the molecule is NCc1ccc2c(c1O)C(=O)C1C(=O)[C@]3(O)C(=O)C(C(N)=O)C(=O)CC3CC1C2. The van der Waals surface area contributed by atoms with Gasteiger partial charge in [-0.3, -0.25) is 24.0 Å². The van der Waals surface area contributed by atoms with Crippen molar-refractivity contribution in [3.8, 4) is 5.75 Å². The Morgan fingerprint density at radius 3 is 2.45 bits per heavy atom. The molecule has 1 amide bonds. The number of amides is 1. The van der Waals surface area contributed by atoms with Crippen LogP contribution < -0.4 is 11.5 Å². The van der Waals surface area contributed by atoms with Gasteiger partial charge in [0.25, 0.3) is 0 Å². The van der Waals surface area contributed by atoms with Gasteiger partial charge in [0.1, 0.15) is 5.75 Å². The van der Waals surface area contributed by atoms with Crippen molar-refractivity contribution in [3.05, 3.63) is 28.8 Å². The third-order valence-corrected chi connectivity index (χ3v) is 6.58. The number of aromatic hydroxyl groups is 1. The first-order valence-electron chi connectivity index (χ1n) is 9.33. The molecule has 0 radical (unpaired) electrons. The Morgan fingerprint density at radius 1 is 1.14 bits per heavy atom. The molecule has 6 N–H and O–H groups in total. The van der Waals surface area contributed by atoms with Crippen molar-refractivity contribution in [3.63, 3.8) is 0 Å². The first-order chi connectivity index (χ1) is 13.6. The van der Waals surface area contributed by atoms with E-state index in [0.29, 0.717) is 11.1 Å². The molecule has 1 aromatic carbocycles. The maximum Gasteiger partial charge on any atom is 0.235 e. The van der Waals surface area contributed by atoms with Crippen LogP contribution in [0.4, 0.5) is 0 Å². The van der Waals surface area contributed by atoms with E-state index in [4.69, 9.17) is 11.5 Å². The number of carbonyl (C=O) groups is 5. The van der Waals surface area contributed by atoms with Crippen LogP contribution >= 0.6 is 0 Å². The van der Waals surface area contributed by atoms with Crippen LogP contribution in [0.2, 0.25) is 0 Å². The molecule has 3 aliphatic carbocycles. The lowest BCUT2D eigenvalue weighted by atomic mass is 9.54. The van der Waals surface area contributed by atoms with E-state index < -0.39 is 58.3 Å². The zero-order valence-corrected chi connectivity index (χ0v) is 15.4. The lowest BCUT2D eigenvalue weighted by Crippen LogP contribution is -2.68. The number of carbonyl (C=O) groups excluding carboxylic acids is 5. The second-order valence-corrected chi connectivity index (χ2v) is 8.05. The quantitative estimate of drug-likeness (QED) is 0.446. The molecule has 0 bridgehead atoms. The molecule has 4 rings (SSSR count). The zero-order chi connectivity index (χ0) is 21.2. The average molecular weight is 400 g/mol. The summed E-state index contributed by atoms with van der Waals surface area (Å²) in [6.07, 6.45) is 0.00771. The van der Waals surface area contributed by atoms with E-state index in [-0.39, 0.29) is 37.1 Å². The van der Waals surface area contributed by atoms with Gasteiger partial charge in [0.05, 0.1) is 11.5 Å². The molecule has 2 saturated carbocycles. The van der Waals surface area contributed by atoms with E-state index in [2.05, 4.69) is 0 Å². The Bertz CT molecular complexity index is 1000. The molecule has 9 nitrogen and oxygen atoms in total. The van der Waals surface area contributed by atoms with Crippen molar-refractivity contribution >= 4 is 29.0 Å². The van der Waals surface area contributed by atoms with E-state index in [0.717, 1.165) is 0 Å². The highest BCUT2D eigenvalue weighted by Gasteiger charge is 2.65. The van der Waals surface area contributed by atoms with Gasteiger partial charge < -0.3 is 21.7 Å². The van der Waals surface area contributed by atoms with Crippen molar-refractivity contribution in [2.45, 2.75) is 31.4 Å². The van der Waals surface area contributed by atoms with Gasteiger partial charge in [-0.2, -0.15) is 0 Å². The molecule has 152 valence electrons. The summed E-state index contributed by atoms with van der Waals surface area (Å²) in [7, 11) is 0. The minimum atomic E-state index is -2.62. The van der Waals surface area contributed by atoms with Crippen molar-refractivity contribution in [2.24, 2.45) is 35.1 Å². The number of phenols is 1. The largest absolute Gasteiger partial charge is 0.507 e. The normalized spacial score (nSPS) is 33.7. The number of rotatable bonds is 2.